The summed E-state index contributed by atoms with van der Waals surface area (Å²) in [4.78, 5) is 39.8. The SMILES string of the molecule is CCOc1ccc(/C(O)=C2/C(=O)C(=O)N(c3ccc(CC(=O)OC)cc3)C2c2cccc(OC)c2)cc1C. The van der Waals surface area contributed by atoms with E-state index in [1.807, 2.05) is 13.8 Å². The molecular weight excluding hydrogens is 486 g/mol. The minimum atomic E-state index is -0.913. The highest BCUT2D eigenvalue weighted by Gasteiger charge is 2.47. The lowest BCUT2D eigenvalue weighted by Crippen LogP contribution is -2.29. The molecule has 3 aromatic carbocycles. The molecule has 0 spiro atoms. The Morgan fingerprint density at radius 1 is 1.00 bits per heavy atom. The van der Waals surface area contributed by atoms with Crippen LogP contribution in [0.1, 0.15) is 35.2 Å². The summed E-state index contributed by atoms with van der Waals surface area (Å²) in [6.07, 6.45) is 0.0754. The molecule has 1 N–H and O–H groups in total. The fraction of sp³-hybridized carbons (Fsp3) is 0.233. The number of Topliss-reactive ketones (excluding diaryl/α,β-unsaturated/α-hetero) is 1. The molecule has 3 aromatic rings. The fourth-order valence-electron chi connectivity index (χ4n) is 4.51. The first-order chi connectivity index (χ1) is 18.3. The first kappa shape index (κ1) is 26.5. The van der Waals surface area contributed by atoms with Gasteiger partial charge in [0, 0.05) is 11.3 Å². The van der Waals surface area contributed by atoms with Crippen molar-refractivity contribution in [3.63, 3.8) is 0 Å². The number of ketones is 1. The van der Waals surface area contributed by atoms with Crippen molar-refractivity contribution in [1.82, 2.24) is 0 Å². The summed E-state index contributed by atoms with van der Waals surface area (Å²) in [5.74, 6) is -1.05. The van der Waals surface area contributed by atoms with E-state index in [1.54, 1.807) is 66.7 Å². The normalized spacial score (nSPS) is 16.4. The first-order valence-electron chi connectivity index (χ1n) is 12.1. The van der Waals surface area contributed by atoms with E-state index in [1.165, 1.54) is 19.1 Å². The summed E-state index contributed by atoms with van der Waals surface area (Å²) >= 11 is 0. The number of amides is 1. The summed E-state index contributed by atoms with van der Waals surface area (Å²) in [6.45, 7) is 4.21. The number of methoxy groups -OCH3 is 2. The minimum Gasteiger partial charge on any atom is -0.507 e. The predicted molar refractivity (Wildman–Crippen MR) is 142 cm³/mol. The van der Waals surface area contributed by atoms with Gasteiger partial charge in [0.25, 0.3) is 11.7 Å². The van der Waals surface area contributed by atoms with Crippen LogP contribution in [0, 0.1) is 6.92 Å². The molecule has 4 rings (SSSR count). The second-order valence-corrected chi connectivity index (χ2v) is 8.78. The van der Waals surface area contributed by atoms with Crippen LogP contribution in [0.4, 0.5) is 5.69 Å². The number of carbonyl (C=O) groups is 3. The Bertz CT molecular complexity index is 1410. The van der Waals surface area contributed by atoms with Gasteiger partial charge < -0.3 is 19.3 Å². The lowest BCUT2D eigenvalue weighted by atomic mass is 9.94. The molecule has 0 radical (unpaired) electrons. The number of nitrogens with zero attached hydrogens (tertiary/aromatic N) is 1. The molecule has 1 unspecified atom stereocenters. The highest BCUT2D eigenvalue weighted by molar-refractivity contribution is 6.51. The molecule has 8 nitrogen and oxygen atoms in total. The topological polar surface area (TPSA) is 102 Å². The third-order valence-electron chi connectivity index (χ3n) is 6.39. The molecule has 0 saturated carbocycles. The van der Waals surface area contributed by atoms with Gasteiger partial charge in [-0.05, 0) is 73.0 Å². The number of aryl methyl sites for hydroxylation is 1. The number of rotatable bonds is 8. The van der Waals surface area contributed by atoms with E-state index >= 15 is 0 Å². The maximum atomic E-state index is 13.4. The van der Waals surface area contributed by atoms with E-state index in [4.69, 9.17) is 14.2 Å². The Morgan fingerprint density at radius 3 is 2.37 bits per heavy atom. The van der Waals surface area contributed by atoms with Gasteiger partial charge in [0.05, 0.1) is 38.9 Å². The number of carbonyl (C=O) groups excluding carboxylic acids is 3. The maximum Gasteiger partial charge on any atom is 0.309 e. The van der Waals surface area contributed by atoms with Crippen LogP contribution in [-0.4, -0.2) is 43.6 Å². The molecule has 196 valence electrons. The van der Waals surface area contributed by atoms with Crippen LogP contribution < -0.4 is 14.4 Å². The number of hydrogen-bond donors (Lipinski definition) is 1. The van der Waals surface area contributed by atoms with E-state index in [0.717, 1.165) is 5.56 Å². The zero-order chi connectivity index (χ0) is 27.4. The Labute approximate surface area is 221 Å². The van der Waals surface area contributed by atoms with Gasteiger partial charge in [-0.25, -0.2) is 0 Å². The predicted octanol–water partition coefficient (Wildman–Crippen LogP) is 4.74. The molecule has 8 heteroatoms. The molecule has 1 aliphatic rings. The van der Waals surface area contributed by atoms with Gasteiger partial charge in [-0.2, -0.15) is 0 Å². The Morgan fingerprint density at radius 2 is 1.74 bits per heavy atom. The highest BCUT2D eigenvalue weighted by atomic mass is 16.5. The zero-order valence-corrected chi connectivity index (χ0v) is 21.7. The smallest absolute Gasteiger partial charge is 0.309 e. The molecule has 1 fully saturated rings. The average molecular weight is 516 g/mol. The van der Waals surface area contributed by atoms with Gasteiger partial charge in [0.2, 0.25) is 0 Å². The quantitative estimate of drug-likeness (QED) is 0.200. The lowest BCUT2D eigenvalue weighted by molar-refractivity contribution is -0.139. The van der Waals surface area contributed by atoms with Crippen molar-refractivity contribution in [1.29, 1.82) is 0 Å². The van der Waals surface area contributed by atoms with Gasteiger partial charge in [0.1, 0.15) is 17.3 Å². The number of benzene rings is 3. The van der Waals surface area contributed by atoms with Crippen LogP contribution >= 0.6 is 0 Å². The minimum absolute atomic E-state index is 0.0366. The molecule has 1 saturated heterocycles. The van der Waals surface area contributed by atoms with Crippen LogP contribution in [0.15, 0.2) is 72.3 Å². The molecule has 1 amide bonds. The molecule has 38 heavy (non-hydrogen) atoms. The van der Waals surface area contributed by atoms with E-state index in [2.05, 4.69) is 0 Å². The fourth-order valence-corrected chi connectivity index (χ4v) is 4.51. The second kappa shape index (κ2) is 11.2. The standard InChI is InChI=1S/C30H29NO7/c1-5-38-24-14-11-21(15-18(24)2)28(33)26-27(20-7-6-8-23(17-20)36-3)31(30(35)29(26)34)22-12-9-19(10-13-22)16-25(32)37-4/h6-15,17,27,33H,5,16H2,1-4H3/b28-26-. The van der Waals surface area contributed by atoms with Crippen molar-refractivity contribution in [3.05, 3.63) is 94.6 Å². The van der Waals surface area contributed by atoms with Crippen molar-refractivity contribution >= 4 is 29.1 Å². The molecule has 0 aromatic heterocycles. The summed E-state index contributed by atoms with van der Waals surface area (Å²) < 4.78 is 15.7. The molecule has 1 heterocycles. The van der Waals surface area contributed by atoms with Gasteiger partial charge >= 0.3 is 5.97 Å². The lowest BCUT2D eigenvalue weighted by Gasteiger charge is -2.26. The number of ether oxygens (including phenoxy) is 3. The van der Waals surface area contributed by atoms with Crippen LogP contribution in [0.2, 0.25) is 0 Å². The maximum absolute atomic E-state index is 13.4. The Balaban J connectivity index is 1.85. The van der Waals surface area contributed by atoms with Gasteiger partial charge in [-0.15, -0.1) is 0 Å². The Kier molecular flexibility index (Phi) is 7.81. The van der Waals surface area contributed by atoms with Crippen molar-refractivity contribution in [3.8, 4) is 11.5 Å². The number of aliphatic hydroxyl groups excluding tert-OH is 1. The highest BCUT2D eigenvalue weighted by Crippen LogP contribution is 2.43. The monoisotopic (exact) mass is 515 g/mol. The number of aliphatic hydroxyl groups is 1. The van der Waals surface area contributed by atoms with Crippen molar-refractivity contribution in [2.24, 2.45) is 0 Å². The largest absolute Gasteiger partial charge is 0.507 e. The Hall–Kier alpha value is -4.59. The number of hydrogen-bond acceptors (Lipinski definition) is 7. The van der Waals surface area contributed by atoms with Crippen molar-refractivity contribution in [2.75, 3.05) is 25.7 Å². The molecule has 1 aliphatic heterocycles. The van der Waals surface area contributed by atoms with Crippen molar-refractivity contribution in [2.45, 2.75) is 26.3 Å². The van der Waals surface area contributed by atoms with Gasteiger partial charge in [0.15, 0.2) is 0 Å². The average Bonchev–Trinajstić information content (AvgIpc) is 3.20. The summed E-state index contributed by atoms with van der Waals surface area (Å²) in [5, 5.41) is 11.4. The van der Waals surface area contributed by atoms with Crippen LogP contribution in [0.5, 0.6) is 11.5 Å². The second-order valence-electron chi connectivity index (χ2n) is 8.78. The molecule has 0 bridgehead atoms. The summed E-state index contributed by atoms with van der Waals surface area (Å²) in [5.41, 5.74) is 2.86. The van der Waals surface area contributed by atoms with Crippen LogP contribution in [0.3, 0.4) is 0 Å². The zero-order valence-electron chi connectivity index (χ0n) is 21.7. The third-order valence-corrected chi connectivity index (χ3v) is 6.39. The van der Waals surface area contributed by atoms with E-state index < -0.39 is 17.7 Å². The van der Waals surface area contributed by atoms with Gasteiger partial charge in [-0.1, -0.05) is 24.3 Å². The molecule has 1 atom stereocenters. The first-order valence-corrected chi connectivity index (χ1v) is 12.1. The van der Waals surface area contributed by atoms with Gasteiger partial charge in [-0.3, -0.25) is 19.3 Å². The van der Waals surface area contributed by atoms with E-state index in [0.29, 0.717) is 40.5 Å². The number of anilines is 1. The molecular formula is C30H29NO7. The molecule has 0 aliphatic carbocycles. The van der Waals surface area contributed by atoms with E-state index in [-0.39, 0.29) is 23.7 Å². The van der Waals surface area contributed by atoms with E-state index in [9.17, 15) is 19.5 Å². The number of esters is 1. The van der Waals surface area contributed by atoms with Crippen molar-refractivity contribution < 1.29 is 33.7 Å². The third kappa shape index (κ3) is 5.11. The summed E-state index contributed by atoms with van der Waals surface area (Å²) in [6, 6.07) is 17.9. The summed E-state index contributed by atoms with van der Waals surface area (Å²) in [7, 11) is 2.84. The van der Waals surface area contributed by atoms with Crippen LogP contribution in [-0.2, 0) is 25.5 Å². The van der Waals surface area contributed by atoms with Crippen LogP contribution in [0.25, 0.3) is 5.76 Å².